The quantitative estimate of drug-likeness (QED) is 0.509. The molecular weight excluding hydrogens is 158 g/mol. The Morgan fingerprint density at radius 3 is 2.10 bits per heavy atom. The van der Waals surface area contributed by atoms with Gasteiger partial charge in [-0.05, 0) is 6.92 Å². The minimum Gasteiger partial charge on any atom is -0.391 e. The fourth-order valence-electron chi connectivity index (χ4n) is 0.352. The largest absolute Gasteiger partial charge is 0.391 e. The summed E-state index contributed by atoms with van der Waals surface area (Å²) in [7, 11) is -2.77. The lowest BCUT2D eigenvalue weighted by Crippen LogP contribution is -2.40. The van der Waals surface area contributed by atoms with Crippen molar-refractivity contribution >= 4 is 10.1 Å². The fraction of sp³-hybridized carbons (Fsp3) is 1.00. The van der Waals surface area contributed by atoms with E-state index in [1.54, 1.807) is 0 Å². The molecule has 2 atom stereocenters. The second kappa shape index (κ2) is 3.29. The first-order valence-electron chi connectivity index (χ1n) is 2.65. The van der Waals surface area contributed by atoms with E-state index in [0.29, 0.717) is 0 Å². The molecule has 2 unspecified atom stereocenters. The summed E-state index contributed by atoms with van der Waals surface area (Å²) in [5.74, 6) is 0. The van der Waals surface area contributed by atoms with Gasteiger partial charge >= 0.3 is 0 Å². The Labute approximate surface area is 59.9 Å². The van der Waals surface area contributed by atoms with Crippen LogP contribution in [0.15, 0.2) is 0 Å². The Balaban J connectivity index is 4.35. The van der Waals surface area contributed by atoms with Gasteiger partial charge in [0, 0.05) is 0 Å². The second-order valence-electron chi connectivity index (χ2n) is 1.86. The molecule has 0 radical (unpaired) electrons. The van der Waals surface area contributed by atoms with Gasteiger partial charge in [-0.3, -0.25) is 4.18 Å². The van der Waals surface area contributed by atoms with Crippen molar-refractivity contribution in [1.29, 1.82) is 0 Å². The first-order chi connectivity index (χ1) is 4.41. The summed E-state index contributed by atoms with van der Waals surface area (Å²) in [5.41, 5.74) is 5.04. The maximum atomic E-state index is 10.6. The van der Waals surface area contributed by atoms with Gasteiger partial charge in [0.2, 0.25) is 0 Å². The summed E-state index contributed by atoms with van der Waals surface area (Å²) in [6.07, 6.45) is -1.12. The zero-order chi connectivity index (χ0) is 8.36. The molecule has 0 rings (SSSR count). The maximum absolute atomic E-state index is 10.6. The van der Waals surface area contributed by atoms with E-state index in [-0.39, 0.29) is 0 Å². The van der Waals surface area contributed by atoms with Gasteiger partial charge in [-0.2, -0.15) is 8.42 Å². The van der Waals surface area contributed by atoms with Crippen molar-refractivity contribution in [1.82, 2.24) is 0 Å². The average molecular weight is 169 g/mol. The van der Waals surface area contributed by atoms with Crippen LogP contribution in [0, 0.1) is 0 Å². The van der Waals surface area contributed by atoms with Crippen LogP contribution in [0.5, 0.6) is 0 Å². The maximum Gasteiger partial charge on any atom is 0.285 e. The third kappa shape index (κ3) is 2.22. The van der Waals surface area contributed by atoms with Crippen molar-refractivity contribution in [2.45, 2.75) is 18.4 Å². The topological polar surface area (TPSA) is 89.6 Å². The summed E-state index contributed by atoms with van der Waals surface area (Å²) in [5, 5.41) is 7.34. The van der Waals surface area contributed by atoms with Crippen LogP contribution in [-0.2, 0) is 14.3 Å². The smallest absolute Gasteiger partial charge is 0.285 e. The van der Waals surface area contributed by atoms with Crippen molar-refractivity contribution in [2.75, 3.05) is 7.11 Å². The average Bonchev–Trinajstić information content (AvgIpc) is 1.86. The van der Waals surface area contributed by atoms with E-state index in [1.807, 2.05) is 0 Å². The van der Waals surface area contributed by atoms with Crippen molar-refractivity contribution in [3.05, 3.63) is 0 Å². The Morgan fingerprint density at radius 1 is 1.60 bits per heavy atom. The lowest BCUT2D eigenvalue weighted by Gasteiger charge is -2.12. The van der Waals surface area contributed by atoms with Crippen LogP contribution in [-0.4, -0.2) is 32.1 Å². The molecule has 3 N–H and O–H groups in total. The van der Waals surface area contributed by atoms with Crippen LogP contribution in [0.4, 0.5) is 0 Å². The predicted molar refractivity (Wildman–Crippen MR) is 35.6 cm³/mol. The lowest BCUT2D eigenvalue weighted by atomic mass is 10.4. The second-order valence-corrected chi connectivity index (χ2v) is 3.73. The van der Waals surface area contributed by atoms with Gasteiger partial charge in [0.1, 0.15) is 0 Å². The molecular formula is C4H11NO4S. The highest BCUT2D eigenvalue weighted by Crippen LogP contribution is 2.00. The van der Waals surface area contributed by atoms with Crippen LogP contribution in [0.25, 0.3) is 0 Å². The van der Waals surface area contributed by atoms with Gasteiger partial charge in [-0.15, -0.1) is 0 Å². The summed E-state index contributed by atoms with van der Waals surface area (Å²) < 4.78 is 25.3. The van der Waals surface area contributed by atoms with Gasteiger partial charge < -0.3 is 10.8 Å². The lowest BCUT2D eigenvalue weighted by molar-refractivity contribution is 0.183. The molecule has 0 aromatic rings. The minimum absolute atomic E-state index is 0.998. The number of hydrogen-bond donors (Lipinski definition) is 2. The molecule has 10 heavy (non-hydrogen) atoms. The first kappa shape index (κ1) is 9.83. The molecule has 0 saturated heterocycles. The minimum atomic E-state index is -3.77. The number of aliphatic hydroxyl groups excluding tert-OH is 1. The van der Waals surface area contributed by atoms with Crippen LogP contribution >= 0.6 is 0 Å². The number of rotatable bonds is 3. The highest BCUT2D eigenvalue weighted by Gasteiger charge is 2.25. The van der Waals surface area contributed by atoms with E-state index in [1.165, 1.54) is 6.92 Å². The molecule has 0 heterocycles. The molecule has 0 fully saturated rings. The van der Waals surface area contributed by atoms with Gasteiger partial charge in [-0.1, -0.05) is 0 Å². The van der Waals surface area contributed by atoms with Gasteiger partial charge in [-0.25, -0.2) is 0 Å². The summed E-state index contributed by atoms with van der Waals surface area (Å²) in [6.45, 7) is 1.28. The van der Waals surface area contributed by atoms with Crippen molar-refractivity contribution in [3.63, 3.8) is 0 Å². The number of nitrogens with two attached hydrogens (primary N) is 1. The zero-order valence-corrected chi connectivity index (χ0v) is 6.63. The van der Waals surface area contributed by atoms with Crippen molar-refractivity contribution in [3.8, 4) is 0 Å². The molecule has 0 saturated carbocycles. The molecule has 0 aliphatic carbocycles. The third-order valence-corrected chi connectivity index (χ3v) is 2.57. The standard InChI is InChI=1S/C4H11NO4S/c1-3(6)4(5)10(7,8)9-2/h3-4,6H,5H2,1-2H3. The van der Waals surface area contributed by atoms with Crippen molar-refractivity contribution in [2.24, 2.45) is 5.73 Å². The molecule has 6 heteroatoms. The Kier molecular flexibility index (Phi) is 3.23. The SMILES string of the molecule is COS(=O)(=O)C(N)C(C)O. The Hall–Kier alpha value is -0.170. The molecule has 0 aromatic heterocycles. The monoisotopic (exact) mass is 169 g/mol. The fourth-order valence-corrected chi connectivity index (χ4v) is 1.06. The van der Waals surface area contributed by atoms with Crippen LogP contribution in [0.3, 0.4) is 0 Å². The summed E-state index contributed by atoms with van der Waals surface area (Å²) in [6, 6.07) is 0. The van der Waals surface area contributed by atoms with Gasteiger partial charge in [0.05, 0.1) is 13.2 Å². The van der Waals surface area contributed by atoms with E-state index in [4.69, 9.17) is 10.8 Å². The van der Waals surface area contributed by atoms with Gasteiger partial charge in [0.25, 0.3) is 10.1 Å². The number of aliphatic hydroxyl groups is 1. The van der Waals surface area contributed by atoms with Gasteiger partial charge in [0.15, 0.2) is 5.37 Å². The first-order valence-corrected chi connectivity index (χ1v) is 4.12. The molecule has 0 amide bonds. The Morgan fingerprint density at radius 2 is 2.00 bits per heavy atom. The molecule has 0 spiro atoms. The summed E-state index contributed by atoms with van der Waals surface area (Å²) >= 11 is 0. The van der Waals surface area contributed by atoms with E-state index >= 15 is 0 Å². The van der Waals surface area contributed by atoms with Crippen molar-refractivity contribution < 1.29 is 17.7 Å². The normalized spacial score (nSPS) is 18.4. The molecule has 0 aliphatic rings. The van der Waals surface area contributed by atoms with E-state index < -0.39 is 21.6 Å². The number of hydrogen-bond acceptors (Lipinski definition) is 5. The molecule has 0 aromatic carbocycles. The summed E-state index contributed by atoms with van der Waals surface area (Å²) in [4.78, 5) is 0. The van der Waals surface area contributed by atoms with Crippen LogP contribution in [0.2, 0.25) is 0 Å². The van der Waals surface area contributed by atoms with Crippen LogP contribution < -0.4 is 5.73 Å². The predicted octanol–water partition coefficient (Wildman–Crippen LogP) is -1.37. The third-order valence-electron chi connectivity index (χ3n) is 1.04. The Bertz CT molecular complexity index is 185. The molecule has 5 nitrogen and oxygen atoms in total. The molecule has 0 bridgehead atoms. The highest BCUT2D eigenvalue weighted by molar-refractivity contribution is 7.87. The zero-order valence-electron chi connectivity index (χ0n) is 5.81. The van der Waals surface area contributed by atoms with E-state index in [0.717, 1.165) is 7.11 Å². The molecule has 0 aliphatic heterocycles. The van der Waals surface area contributed by atoms with Crippen LogP contribution in [0.1, 0.15) is 6.92 Å². The van der Waals surface area contributed by atoms with E-state index in [2.05, 4.69) is 4.18 Å². The molecule has 62 valence electrons. The van der Waals surface area contributed by atoms with E-state index in [9.17, 15) is 8.42 Å². The highest BCUT2D eigenvalue weighted by atomic mass is 32.2.